The van der Waals surface area contributed by atoms with Crippen LogP contribution in [0.2, 0.25) is 0 Å². The molecule has 30 heavy (non-hydrogen) atoms. The lowest BCUT2D eigenvalue weighted by Gasteiger charge is -2.09. The third-order valence-corrected chi connectivity index (χ3v) is 5.91. The van der Waals surface area contributed by atoms with E-state index in [4.69, 9.17) is 4.98 Å². The lowest BCUT2D eigenvalue weighted by atomic mass is 10.1. The largest absolute Gasteiger partial charge is 0.352 e. The minimum Gasteiger partial charge on any atom is -0.352 e. The first-order valence-corrected chi connectivity index (χ1v) is 12.0. The van der Waals surface area contributed by atoms with Crippen molar-refractivity contribution in [1.82, 2.24) is 14.9 Å². The molecule has 0 saturated heterocycles. The second-order valence-electron chi connectivity index (χ2n) is 7.81. The van der Waals surface area contributed by atoms with E-state index >= 15 is 0 Å². The van der Waals surface area contributed by atoms with Crippen LogP contribution in [0.3, 0.4) is 0 Å². The van der Waals surface area contributed by atoms with Crippen molar-refractivity contribution in [3.05, 3.63) is 64.4 Å². The summed E-state index contributed by atoms with van der Waals surface area (Å²) in [5.41, 5.74) is 3.05. The standard InChI is InChI=1S/C25H32BrN3O/c1-2-3-4-10-18-29-23-15-8-7-14-22(23)28-24(29)16-6-5-9-17-27-25(30)20-12-11-13-21(26)19-20/h7-8,11-15,19H,2-6,9-10,16-18H2,1H3,(H,27,30). The van der Waals surface area contributed by atoms with E-state index in [0.29, 0.717) is 12.1 Å². The zero-order chi connectivity index (χ0) is 21.2. The van der Waals surface area contributed by atoms with Gasteiger partial charge in [0.25, 0.3) is 5.91 Å². The number of benzene rings is 2. The van der Waals surface area contributed by atoms with E-state index in [0.717, 1.165) is 42.2 Å². The third-order valence-electron chi connectivity index (χ3n) is 5.42. The molecule has 1 heterocycles. The number of rotatable bonds is 12. The topological polar surface area (TPSA) is 46.9 Å². The average Bonchev–Trinajstić information content (AvgIpc) is 3.11. The number of imidazole rings is 1. The molecule has 0 spiro atoms. The van der Waals surface area contributed by atoms with E-state index < -0.39 is 0 Å². The predicted molar refractivity (Wildman–Crippen MR) is 128 cm³/mol. The van der Waals surface area contributed by atoms with Gasteiger partial charge in [0.2, 0.25) is 0 Å². The highest BCUT2D eigenvalue weighted by Crippen LogP contribution is 2.19. The highest BCUT2D eigenvalue weighted by Gasteiger charge is 2.10. The zero-order valence-electron chi connectivity index (χ0n) is 17.9. The van der Waals surface area contributed by atoms with E-state index in [1.165, 1.54) is 37.0 Å². The van der Waals surface area contributed by atoms with E-state index in [1.807, 2.05) is 24.3 Å². The van der Waals surface area contributed by atoms with Crippen LogP contribution in [0.15, 0.2) is 53.0 Å². The van der Waals surface area contributed by atoms with Gasteiger partial charge in [-0.3, -0.25) is 4.79 Å². The number of halogens is 1. The molecule has 0 unspecified atom stereocenters. The van der Waals surface area contributed by atoms with Crippen LogP contribution >= 0.6 is 15.9 Å². The Morgan fingerprint density at radius 3 is 2.67 bits per heavy atom. The zero-order valence-corrected chi connectivity index (χ0v) is 19.5. The Balaban J connectivity index is 1.45. The molecule has 3 aromatic rings. The summed E-state index contributed by atoms with van der Waals surface area (Å²) in [4.78, 5) is 17.1. The third kappa shape index (κ3) is 6.43. The number of nitrogens with one attached hydrogen (secondary N) is 1. The molecule has 0 aliphatic carbocycles. The van der Waals surface area contributed by atoms with Gasteiger partial charge in [-0.25, -0.2) is 4.98 Å². The first-order valence-electron chi connectivity index (χ1n) is 11.2. The van der Waals surface area contributed by atoms with Crippen molar-refractivity contribution in [2.24, 2.45) is 0 Å². The van der Waals surface area contributed by atoms with Gasteiger partial charge in [-0.05, 0) is 49.6 Å². The van der Waals surface area contributed by atoms with Crippen molar-refractivity contribution < 1.29 is 4.79 Å². The van der Waals surface area contributed by atoms with Crippen LogP contribution in [0.25, 0.3) is 11.0 Å². The van der Waals surface area contributed by atoms with Gasteiger partial charge >= 0.3 is 0 Å². The maximum atomic E-state index is 12.2. The van der Waals surface area contributed by atoms with Gasteiger partial charge < -0.3 is 9.88 Å². The summed E-state index contributed by atoms with van der Waals surface area (Å²) in [5.74, 6) is 1.19. The fourth-order valence-electron chi connectivity index (χ4n) is 3.78. The number of amides is 1. The molecule has 2 aromatic carbocycles. The van der Waals surface area contributed by atoms with Crippen molar-refractivity contribution in [2.75, 3.05) is 6.54 Å². The molecule has 0 radical (unpaired) electrons. The monoisotopic (exact) mass is 469 g/mol. The summed E-state index contributed by atoms with van der Waals surface area (Å²) in [6, 6.07) is 16.0. The van der Waals surface area contributed by atoms with E-state index in [-0.39, 0.29) is 5.91 Å². The second kappa shape index (κ2) is 11.9. The number of aryl methyl sites for hydroxylation is 2. The van der Waals surface area contributed by atoms with E-state index in [1.54, 1.807) is 0 Å². The van der Waals surface area contributed by atoms with Crippen molar-refractivity contribution >= 4 is 32.9 Å². The Morgan fingerprint density at radius 2 is 1.83 bits per heavy atom. The van der Waals surface area contributed by atoms with Crippen molar-refractivity contribution in [1.29, 1.82) is 0 Å². The molecule has 5 heteroatoms. The molecule has 3 rings (SSSR count). The van der Waals surface area contributed by atoms with Gasteiger partial charge in [-0.15, -0.1) is 0 Å². The molecule has 160 valence electrons. The Bertz CT molecular complexity index is 950. The van der Waals surface area contributed by atoms with Crippen LogP contribution in [0.1, 0.15) is 68.1 Å². The molecule has 0 aliphatic rings. The summed E-state index contributed by atoms with van der Waals surface area (Å²) < 4.78 is 3.34. The minimum atomic E-state index is -0.00910. The Morgan fingerprint density at radius 1 is 1.00 bits per heavy atom. The van der Waals surface area contributed by atoms with E-state index in [2.05, 4.69) is 57.0 Å². The van der Waals surface area contributed by atoms with Crippen LogP contribution in [-0.4, -0.2) is 22.0 Å². The number of carbonyl (C=O) groups excluding carboxylic acids is 1. The molecule has 1 N–H and O–H groups in total. The Labute approximate surface area is 188 Å². The fourth-order valence-corrected chi connectivity index (χ4v) is 4.18. The number of nitrogens with zero attached hydrogens (tertiary/aromatic N) is 2. The van der Waals surface area contributed by atoms with Crippen LogP contribution in [0.5, 0.6) is 0 Å². The molecule has 4 nitrogen and oxygen atoms in total. The van der Waals surface area contributed by atoms with Gasteiger partial charge in [0.05, 0.1) is 11.0 Å². The number of unbranched alkanes of at least 4 members (excludes halogenated alkanes) is 5. The van der Waals surface area contributed by atoms with Gasteiger partial charge in [0, 0.05) is 29.5 Å². The molecule has 1 amide bonds. The molecule has 0 fully saturated rings. The van der Waals surface area contributed by atoms with E-state index in [9.17, 15) is 4.79 Å². The molecule has 0 bridgehead atoms. The smallest absolute Gasteiger partial charge is 0.251 e. The van der Waals surface area contributed by atoms with Gasteiger partial charge in [0.15, 0.2) is 0 Å². The fraction of sp³-hybridized carbons (Fsp3) is 0.440. The molecule has 0 saturated carbocycles. The number of aromatic nitrogens is 2. The van der Waals surface area contributed by atoms with Crippen LogP contribution in [0, 0.1) is 0 Å². The van der Waals surface area contributed by atoms with Crippen molar-refractivity contribution in [3.8, 4) is 0 Å². The maximum absolute atomic E-state index is 12.2. The highest BCUT2D eigenvalue weighted by molar-refractivity contribution is 9.10. The SMILES string of the molecule is CCCCCCn1c(CCCCCNC(=O)c2cccc(Br)c2)nc2ccccc21. The van der Waals surface area contributed by atoms with Gasteiger partial charge in [-0.1, -0.05) is 66.7 Å². The molecular weight excluding hydrogens is 438 g/mol. The number of para-hydroxylation sites is 2. The second-order valence-corrected chi connectivity index (χ2v) is 8.72. The first kappa shape index (κ1) is 22.5. The number of carbonyl (C=O) groups is 1. The van der Waals surface area contributed by atoms with Crippen LogP contribution in [0.4, 0.5) is 0 Å². The summed E-state index contributed by atoms with van der Waals surface area (Å²) in [7, 11) is 0. The maximum Gasteiger partial charge on any atom is 0.251 e. The molecule has 0 aliphatic heterocycles. The number of hydrogen-bond donors (Lipinski definition) is 1. The minimum absolute atomic E-state index is 0.00910. The predicted octanol–water partition coefficient (Wildman–Crippen LogP) is 6.52. The number of hydrogen-bond acceptors (Lipinski definition) is 2. The summed E-state index contributed by atoms with van der Waals surface area (Å²) in [6.45, 7) is 4.01. The van der Waals surface area contributed by atoms with Crippen molar-refractivity contribution in [2.45, 2.75) is 64.8 Å². The molecule has 1 aromatic heterocycles. The summed E-state index contributed by atoms with van der Waals surface area (Å²) >= 11 is 3.41. The van der Waals surface area contributed by atoms with Crippen LogP contribution < -0.4 is 5.32 Å². The quantitative estimate of drug-likeness (QED) is 0.306. The summed E-state index contributed by atoms with van der Waals surface area (Å²) in [6.07, 6.45) is 9.19. The molecule has 0 atom stereocenters. The lowest BCUT2D eigenvalue weighted by Crippen LogP contribution is -2.24. The first-order chi connectivity index (χ1) is 14.7. The van der Waals surface area contributed by atoms with Gasteiger partial charge in [-0.2, -0.15) is 0 Å². The lowest BCUT2D eigenvalue weighted by molar-refractivity contribution is 0.0953. The van der Waals surface area contributed by atoms with Crippen molar-refractivity contribution in [3.63, 3.8) is 0 Å². The normalized spacial score (nSPS) is 11.1. The number of fused-ring (bicyclic) bond motifs is 1. The summed E-state index contributed by atoms with van der Waals surface area (Å²) in [5, 5.41) is 3.02. The van der Waals surface area contributed by atoms with Gasteiger partial charge in [0.1, 0.15) is 5.82 Å². The van der Waals surface area contributed by atoms with Crippen LogP contribution in [-0.2, 0) is 13.0 Å². The molecular formula is C25H32BrN3O. The average molecular weight is 470 g/mol. The highest BCUT2D eigenvalue weighted by atomic mass is 79.9. The Kier molecular flexibility index (Phi) is 8.94. The Hall–Kier alpha value is -2.14.